The highest BCUT2D eigenvalue weighted by molar-refractivity contribution is 7.14. The summed E-state index contributed by atoms with van der Waals surface area (Å²) in [4.78, 5) is 27.4. The van der Waals surface area contributed by atoms with Crippen molar-refractivity contribution in [3.8, 4) is 10.7 Å². The van der Waals surface area contributed by atoms with Gasteiger partial charge in [-0.2, -0.15) is 0 Å². The number of likely N-dealkylation sites (N-methyl/N-ethyl adjacent to an activating group) is 1. The van der Waals surface area contributed by atoms with Gasteiger partial charge in [0.2, 0.25) is 0 Å². The first kappa shape index (κ1) is 21.6. The number of Topliss-reactive ketones (excluding diaryl/α,β-unsaturated/α-hetero) is 1. The molecule has 1 aliphatic heterocycles. The second-order valence-corrected chi connectivity index (χ2v) is 10.4. The molecule has 4 heterocycles. The lowest BCUT2D eigenvalue weighted by Gasteiger charge is -2.40. The summed E-state index contributed by atoms with van der Waals surface area (Å²) in [5.41, 5.74) is 2.47. The first-order valence-electron chi connectivity index (χ1n) is 11.6. The van der Waals surface area contributed by atoms with Crippen molar-refractivity contribution in [3.05, 3.63) is 35.1 Å². The van der Waals surface area contributed by atoms with Gasteiger partial charge >= 0.3 is 0 Å². The van der Waals surface area contributed by atoms with E-state index in [1.54, 1.807) is 0 Å². The highest BCUT2D eigenvalue weighted by atomic mass is 32.1. The molecule has 0 radical (unpaired) electrons. The van der Waals surface area contributed by atoms with Gasteiger partial charge < -0.3 is 4.90 Å². The van der Waals surface area contributed by atoms with Crippen LogP contribution in [0.15, 0.2) is 24.4 Å². The van der Waals surface area contributed by atoms with Gasteiger partial charge in [0.15, 0.2) is 5.01 Å². The molecule has 32 heavy (non-hydrogen) atoms. The van der Waals surface area contributed by atoms with Gasteiger partial charge in [0.1, 0.15) is 16.5 Å². The van der Waals surface area contributed by atoms with Crippen LogP contribution in [0.4, 0.5) is 0 Å². The number of carbonyl (C=O) groups is 1. The van der Waals surface area contributed by atoms with E-state index < -0.39 is 0 Å². The summed E-state index contributed by atoms with van der Waals surface area (Å²) in [6.45, 7) is 6.56. The lowest BCUT2D eigenvalue weighted by Crippen LogP contribution is -2.50. The number of ketones is 1. The fraction of sp³-hybridized carbons (Fsp3) is 0.542. The fourth-order valence-electron chi connectivity index (χ4n) is 4.95. The van der Waals surface area contributed by atoms with E-state index in [-0.39, 0.29) is 5.92 Å². The molecule has 1 saturated carbocycles. The smallest absolute Gasteiger partial charge is 0.166 e. The number of fused-ring (bicyclic) bond motifs is 1. The topological polar surface area (TPSA) is 75.1 Å². The fourth-order valence-corrected chi connectivity index (χ4v) is 5.61. The minimum Gasteiger partial charge on any atom is -0.304 e. The molecule has 3 aromatic heterocycles. The van der Waals surface area contributed by atoms with Crippen molar-refractivity contribution in [3.63, 3.8) is 0 Å². The maximum absolute atomic E-state index is 13.0. The lowest BCUT2D eigenvalue weighted by molar-refractivity contribution is -0.123. The Morgan fingerprint density at radius 1 is 1.09 bits per heavy atom. The summed E-state index contributed by atoms with van der Waals surface area (Å²) < 4.78 is 0. The molecule has 0 N–H and O–H groups in total. The predicted molar refractivity (Wildman–Crippen MR) is 127 cm³/mol. The number of pyridine rings is 2. The second kappa shape index (κ2) is 9.29. The van der Waals surface area contributed by atoms with Gasteiger partial charge in [-0.15, -0.1) is 10.2 Å². The Morgan fingerprint density at radius 2 is 1.88 bits per heavy atom. The summed E-state index contributed by atoms with van der Waals surface area (Å²) in [6.07, 6.45) is 6.49. The van der Waals surface area contributed by atoms with Crippen LogP contribution < -0.4 is 0 Å². The largest absolute Gasteiger partial charge is 0.304 e. The van der Waals surface area contributed by atoms with Crippen molar-refractivity contribution >= 4 is 28.0 Å². The molecule has 0 atom stereocenters. The van der Waals surface area contributed by atoms with E-state index in [9.17, 15) is 4.79 Å². The average Bonchev–Trinajstić information content (AvgIpc) is 3.25. The lowest BCUT2D eigenvalue weighted by atomic mass is 9.81. The highest BCUT2D eigenvalue weighted by Crippen LogP contribution is 2.30. The van der Waals surface area contributed by atoms with Crippen molar-refractivity contribution < 1.29 is 4.79 Å². The first-order valence-corrected chi connectivity index (χ1v) is 12.4. The van der Waals surface area contributed by atoms with Gasteiger partial charge in [0.25, 0.3) is 0 Å². The van der Waals surface area contributed by atoms with Crippen LogP contribution in [0.25, 0.3) is 21.6 Å². The Balaban J connectivity index is 1.22. The molecule has 0 amide bonds. The number of piperazine rings is 1. The van der Waals surface area contributed by atoms with Crippen LogP contribution in [0.1, 0.15) is 36.4 Å². The van der Waals surface area contributed by atoms with E-state index in [4.69, 9.17) is 4.98 Å². The minimum absolute atomic E-state index is 0.167. The van der Waals surface area contributed by atoms with E-state index in [0.717, 1.165) is 84.2 Å². The number of hydrogen-bond acceptors (Lipinski definition) is 8. The summed E-state index contributed by atoms with van der Waals surface area (Å²) in [5, 5.41) is 11.0. The zero-order valence-electron chi connectivity index (χ0n) is 18.8. The summed E-state index contributed by atoms with van der Waals surface area (Å²) >= 11 is 1.53. The molecule has 168 valence electrons. The summed E-state index contributed by atoms with van der Waals surface area (Å²) in [5.74, 6) is 0.490. The second-order valence-electron chi connectivity index (χ2n) is 9.18. The van der Waals surface area contributed by atoms with Crippen LogP contribution in [0, 0.1) is 12.8 Å². The van der Waals surface area contributed by atoms with Crippen molar-refractivity contribution in [2.75, 3.05) is 33.2 Å². The molecular formula is C24H30N6OS. The monoisotopic (exact) mass is 450 g/mol. The van der Waals surface area contributed by atoms with Gasteiger partial charge in [0, 0.05) is 61.8 Å². The summed E-state index contributed by atoms with van der Waals surface area (Å²) in [7, 11) is 2.20. The highest BCUT2D eigenvalue weighted by Gasteiger charge is 2.30. The normalized spacial score (nSPS) is 22.9. The molecule has 7 nitrogen and oxygen atoms in total. The molecule has 1 saturated heterocycles. The molecule has 3 aromatic rings. The van der Waals surface area contributed by atoms with Crippen molar-refractivity contribution in [1.82, 2.24) is 30.0 Å². The van der Waals surface area contributed by atoms with Crippen molar-refractivity contribution in [1.29, 1.82) is 0 Å². The molecule has 1 aliphatic carbocycles. The van der Waals surface area contributed by atoms with Crippen LogP contribution in [-0.4, -0.2) is 75.0 Å². The van der Waals surface area contributed by atoms with Crippen molar-refractivity contribution in [2.24, 2.45) is 5.92 Å². The number of nitrogens with zero attached hydrogens (tertiary/aromatic N) is 6. The SMILES string of the molecule is Cc1nnc(-c2ccc3cnc(CC(=O)C4CCC(N5CCN(C)CC5)CC4)cc3n2)s1. The molecule has 5 rings (SSSR count). The minimum atomic E-state index is 0.167. The molecule has 2 aliphatic rings. The van der Waals surface area contributed by atoms with Crippen molar-refractivity contribution in [2.45, 2.75) is 45.1 Å². The van der Waals surface area contributed by atoms with Gasteiger partial charge in [-0.25, -0.2) is 4.98 Å². The van der Waals surface area contributed by atoms with Gasteiger partial charge in [-0.1, -0.05) is 11.3 Å². The number of rotatable bonds is 5. The average molecular weight is 451 g/mol. The van der Waals surface area contributed by atoms with Crippen LogP contribution >= 0.6 is 11.3 Å². The van der Waals surface area contributed by atoms with Crippen LogP contribution in [0.2, 0.25) is 0 Å². The quantitative estimate of drug-likeness (QED) is 0.590. The molecular weight excluding hydrogens is 420 g/mol. The molecule has 8 heteroatoms. The maximum Gasteiger partial charge on any atom is 0.166 e. The van der Waals surface area contributed by atoms with E-state index in [2.05, 4.69) is 32.0 Å². The Kier molecular flexibility index (Phi) is 6.26. The Hall–Kier alpha value is -2.29. The number of carbonyl (C=O) groups excluding carboxylic acids is 1. The van der Waals surface area contributed by atoms with Gasteiger partial charge in [-0.05, 0) is 57.9 Å². The molecule has 0 unspecified atom stereocenters. The van der Waals surface area contributed by atoms with E-state index >= 15 is 0 Å². The van der Waals surface area contributed by atoms with E-state index in [1.165, 1.54) is 11.3 Å². The molecule has 0 spiro atoms. The molecule has 0 bridgehead atoms. The molecule has 0 aromatic carbocycles. The Labute approximate surface area is 192 Å². The zero-order valence-corrected chi connectivity index (χ0v) is 19.6. The Morgan fingerprint density at radius 3 is 2.59 bits per heavy atom. The molecule has 2 fully saturated rings. The van der Waals surface area contributed by atoms with E-state index in [1.807, 2.05) is 31.3 Å². The maximum atomic E-state index is 13.0. The van der Waals surface area contributed by atoms with Gasteiger partial charge in [0.05, 0.1) is 5.52 Å². The van der Waals surface area contributed by atoms with E-state index in [0.29, 0.717) is 18.2 Å². The number of aryl methyl sites for hydroxylation is 1. The standard InChI is InChI=1S/C24H30N6OS/c1-16-27-28-24(32-16)21-8-5-18-15-25-19(13-22(18)26-21)14-23(31)17-3-6-20(7-4-17)30-11-9-29(2)10-12-30/h5,8,13,15,17,20H,3-4,6-7,9-12,14H2,1-2H3. The van der Waals surface area contributed by atoms with Crippen LogP contribution in [-0.2, 0) is 11.2 Å². The van der Waals surface area contributed by atoms with Gasteiger partial charge in [-0.3, -0.25) is 14.7 Å². The zero-order chi connectivity index (χ0) is 22.1. The summed E-state index contributed by atoms with van der Waals surface area (Å²) in [6, 6.07) is 6.57. The van der Waals surface area contributed by atoms with Crippen LogP contribution in [0.3, 0.4) is 0 Å². The third kappa shape index (κ3) is 4.72. The third-order valence-electron chi connectivity index (χ3n) is 6.94. The number of hydrogen-bond donors (Lipinski definition) is 0. The predicted octanol–water partition coefficient (Wildman–Crippen LogP) is 3.37. The van der Waals surface area contributed by atoms with Crippen LogP contribution in [0.5, 0.6) is 0 Å². The Bertz CT molecular complexity index is 1100. The number of aromatic nitrogens is 4. The third-order valence-corrected chi connectivity index (χ3v) is 7.80. The first-order chi connectivity index (χ1) is 15.5.